The first-order valence-corrected chi connectivity index (χ1v) is 11.2. The summed E-state index contributed by atoms with van der Waals surface area (Å²) in [4.78, 5) is 42.3. The molecule has 0 spiro atoms. The van der Waals surface area contributed by atoms with Gasteiger partial charge in [-0.3, -0.25) is 18.7 Å². The zero-order valence-electron chi connectivity index (χ0n) is 17.1. The van der Waals surface area contributed by atoms with Gasteiger partial charge in [0, 0.05) is 18.0 Å². The first kappa shape index (κ1) is 26.4. The summed E-state index contributed by atoms with van der Waals surface area (Å²) in [5, 5.41) is 2.04. The van der Waals surface area contributed by atoms with Crippen LogP contribution in [0.4, 0.5) is 23.2 Å². The molecule has 15 heteroatoms. The van der Waals surface area contributed by atoms with Crippen LogP contribution in [0.1, 0.15) is 15.9 Å². The molecule has 0 saturated carbocycles. The highest BCUT2D eigenvalue weighted by molar-refractivity contribution is 7.46. The molecule has 0 saturated heterocycles. The van der Waals surface area contributed by atoms with E-state index in [9.17, 15) is 31.7 Å². The fraction of sp³-hybridized carbons (Fsp3) is 0.100. The van der Waals surface area contributed by atoms with Gasteiger partial charge in [-0.05, 0) is 42.5 Å². The average molecular weight is 537 g/mol. The summed E-state index contributed by atoms with van der Waals surface area (Å²) in [5.41, 5.74) is -2.72. The summed E-state index contributed by atoms with van der Waals surface area (Å²) in [5.74, 6) is -2.25. The molecule has 2 aromatic carbocycles. The zero-order chi connectivity index (χ0) is 26.0. The fourth-order valence-corrected chi connectivity index (χ4v) is 3.16. The largest absolute Gasteiger partial charge is 0.471 e. The molecule has 3 aromatic rings. The van der Waals surface area contributed by atoms with E-state index in [2.05, 4.69) is 9.84 Å². The summed E-state index contributed by atoms with van der Waals surface area (Å²) in [7, 11) is -4.85. The number of carbonyl (C=O) groups is 1. The molecule has 0 aliphatic rings. The van der Waals surface area contributed by atoms with Gasteiger partial charge in [0.15, 0.2) is 0 Å². The number of ether oxygens (including phenoxy) is 1. The maximum Gasteiger partial charge on any atom is 0.471 e. The molecule has 1 heterocycles. The smallest absolute Gasteiger partial charge is 0.455 e. The molecular weight excluding hydrogens is 523 g/mol. The van der Waals surface area contributed by atoms with Crippen molar-refractivity contribution in [3.05, 3.63) is 87.0 Å². The van der Waals surface area contributed by atoms with Crippen molar-refractivity contribution in [3.8, 4) is 11.5 Å². The molecule has 0 aliphatic heterocycles. The second kappa shape index (κ2) is 10.2. The Labute approximate surface area is 198 Å². The molecule has 9 nitrogen and oxygen atoms in total. The van der Waals surface area contributed by atoms with Gasteiger partial charge in [0.2, 0.25) is 0 Å². The standard InChI is InChI=1S/C20H14ClF4N2O7P/c21-15-8-12(22)2-4-17(15)34-16-3-1-11(20(23,24)25)7-14(16)19(29)26-13-5-6-27(18(28)9-13)10-33-35(30,31)32/h1-9H,10H2,(H,26,29)(H2,30,31,32). The van der Waals surface area contributed by atoms with Gasteiger partial charge in [0.25, 0.3) is 11.5 Å². The zero-order valence-corrected chi connectivity index (χ0v) is 18.8. The first-order chi connectivity index (χ1) is 16.2. The number of rotatable bonds is 7. The number of phosphoric acid groups is 1. The van der Waals surface area contributed by atoms with E-state index in [-0.39, 0.29) is 22.2 Å². The minimum Gasteiger partial charge on any atom is -0.455 e. The van der Waals surface area contributed by atoms with Gasteiger partial charge in [0.1, 0.15) is 24.0 Å². The van der Waals surface area contributed by atoms with Crippen LogP contribution in [0, 0.1) is 5.82 Å². The average Bonchev–Trinajstić information content (AvgIpc) is 2.74. The quantitative estimate of drug-likeness (QED) is 0.293. The van der Waals surface area contributed by atoms with E-state index < -0.39 is 49.1 Å². The number of phosphoric ester groups is 1. The predicted molar refractivity (Wildman–Crippen MR) is 115 cm³/mol. The fourth-order valence-electron chi connectivity index (χ4n) is 2.68. The summed E-state index contributed by atoms with van der Waals surface area (Å²) >= 11 is 5.89. The Morgan fingerprint density at radius 3 is 2.37 bits per heavy atom. The minimum atomic E-state index is -4.85. The second-order valence-electron chi connectivity index (χ2n) is 6.81. The van der Waals surface area contributed by atoms with Crippen molar-refractivity contribution in [1.82, 2.24) is 4.57 Å². The monoisotopic (exact) mass is 536 g/mol. The molecule has 0 aliphatic carbocycles. The van der Waals surface area contributed by atoms with Gasteiger partial charge < -0.3 is 19.8 Å². The van der Waals surface area contributed by atoms with Crippen molar-refractivity contribution >= 4 is 31.0 Å². The van der Waals surface area contributed by atoms with Crippen LogP contribution in [0.15, 0.2) is 59.5 Å². The predicted octanol–water partition coefficient (Wildman–Crippen LogP) is 4.77. The van der Waals surface area contributed by atoms with Crippen molar-refractivity contribution in [2.24, 2.45) is 0 Å². The third-order valence-corrected chi connectivity index (χ3v) is 5.03. The summed E-state index contributed by atoms with van der Waals surface area (Å²) < 4.78 is 74.2. The molecular formula is C20H14ClF4N2O7P. The highest BCUT2D eigenvalue weighted by Crippen LogP contribution is 2.37. The highest BCUT2D eigenvalue weighted by atomic mass is 35.5. The van der Waals surface area contributed by atoms with Crippen LogP contribution in [0.3, 0.4) is 0 Å². The number of benzene rings is 2. The molecule has 0 bridgehead atoms. The van der Waals surface area contributed by atoms with Crippen molar-refractivity contribution in [2.45, 2.75) is 12.9 Å². The molecule has 0 radical (unpaired) electrons. The molecule has 1 amide bonds. The lowest BCUT2D eigenvalue weighted by molar-refractivity contribution is -0.137. The summed E-state index contributed by atoms with van der Waals surface area (Å²) in [6.45, 7) is -0.790. The van der Waals surface area contributed by atoms with Crippen molar-refractivity contribution in [2.75, 3.05) is 5.32 Å². The molecule has 35 heavy (non-hydrogen) atoms. The molecule has 3 rings (SSSR count). The van der Waals surface area contributed by atoms with Crippen molar-refractivity contribution in [3.63, 3.8) is 0 Å². The lowest BCUT2D eigenvalue weighted by Gasteiger charge is -2.15. The normalized spacial score (nSPS) is 11.9. The van der Waals surface area contributed by atoms with E-state index >= 15 is 0 Å². The third kappa shape index (κ3) is 7.13. The SMILES string of the molecule is O=C(Nc1ccn(COP(=O)(O)O)c(=O)c1)c1cc(C(F)(F)F)ccc1Oc1ccc(F)cc1Cl. The maximum absolute atomic E-state index is 13.3. The Balaban J connectivity index is 1.91. The van der Waals surface area contributed by atoms with E-state index in [1.807, 2.05) is 0 Å². The third-order valence-electron chi connectivity index (χ3n) is 4.28. The van der Waals surface area contributed by atoms with E-state index in [4.69, 9.17) is 26.1 Å². The van der Waals surface area contributed by atoms with Gasteiger partial charge in [-0.25, -0.2) is 8.96 Å². The minimum absolute atomic E-state index is 0.130. The number of nitrogens with one attached hydrogen (secondary N) is 1. The van der Waals surface area contributed by atoms with E-state index in [1.165, 1.54) is 0 Å². The van der Waals surface area contributed by atoms with Gasteiger partial charge in [-0.2, -0.15) is 13.2 Å². The van der Waals surface area contributed by atoms with Gasteiger partial charge in [0.05, 0.1) is 16.1 Å². The lowest BCUT2D eigenvalue weighted by Crippen LogP contribution is -2.22. The van der Waals surface area contributed by atoms with E-state index in [0.29, 0.717) is 12.1 Å². The number of hydrogen-bond donors (Lipinski definition) is 3. The number of hydrogen-bond acceptors (Lipinski definition) is 5. The maximum atomic E-state index is 13.3. The Bertz CT molecular complexity index is 1370. The molecule has 3 N–H and O–H groups in total. The number of nitrogens with zero attached hydrogens (tertiary/aromatic N) is 1. The van der Waals surface area contributed by atoms with Crippen LogP contribution in [0.2, 0.25) is 5.02 Å². The van der Waals surface area contributed by atoms with Gasteiger partial charge in [-0.15, -0.1) is 0 Å². The number of halogens is 5. The summed E-state index contributed by atoms with van der Waals surface area (Å²) in [6, 6.07) is 7.11. The Morgan fingerprint density at radius 2 is 1.77 bits per heavy atom. The molecule has 1 aromatic heterocycles. The number of pyridine rings is 1. The van der Waals surface area contributed by atoms with Crippen LogP contribution < -0.4 is 15.6 Å². The Morgan fingerprint density at radius 1 is 1.09 bits per heavy atom. The van der Waals surface area contributed by atoms with Crippen molar-refractivity contribution in [1.29, 1.82) is 0 Å². The number of anilines is 1. The topological polar surface area (TPSA) is 127 Å². The number of carbonyl (C=O) groups excluding carboxylic acids is 1. The van der Waals surface area contributed by atoms with Crippen LogP contribution in [0.5, 0.6) is 11.5 Å². The molecule has 0 unspecified atom stereocenters. The molecule has 0 fully saturated rings. The summed E-state index contributed by atoms with van der Waals surface area (Å²) in [6.07, 6.45) is -3.75. The Hall–Kier alpha value is -3.22. The van der Waals surface area contributed by atoms with Crippen LogP contribution in [0.25, 0.3) is 0 Å². The second-order valence-corrected chi connectivity index (χ2v) is 8.46. The number of alkyl halides is 3. The van der Waals surface area contributed by atoms with E-state index in [0.717, 1.165) is 47.2 Å². The first-order valence-electron chi connectivity index (χ1n) is 9.29. The van der Waals surface area contributed by atoms with Crippen LogP contribution in [-0.4, -0.2) is 20.3 Å². The highest BCUT2D eigenvalue weighted by Gasteiger charge is 2.32. The number of amides is 1. The Kier molecular flexibility index (Phi) is 7.68. The van der Waals surface area contributed by atoms with E-state index in [1.54, 1.807) is 0 Å². The lowest BCUT2D eigenvalue weighted by atomic mass is 10.1. The van der Waals surface area contributed by atoms with Gasteiger partial charge >= 0.3 is 14.0 Å². The van der Waals surface area contributed by atoms with Gasteiger partial charge in [-0.1, -0.05) is 11.6 Å². The van der Waals surface area contributed by atoms with Crippen molar-refractivity contribution < 1.29 is 46.0 Å². The van der Waals surface area contributed by atoms with Crippen LogP contribution in [-0.2, 0) is 22.0 Å². The molecule has 0 atom stereocenters. The molecule has 186 valence electrons. The van der Waals surface area contributed by atoms with Crippen LogP contribution >= 0.6 is 19.4 Å². The number of aromatic nitrogens is 1.